The molecule has 8 heteroatoms. The third-order valence-corrected chi connectivity index (χ3v) is 5.02. The molecule has 0 aliphatic rings. The predicted molar refractivity (Wildman–Crippen MR) is 128 cm³/mol. The van der Waals surface area contributed by atoms with Crippen molar-refractivity contribution in [1.29, 1.82) is 0 Å². The standard InChI is InChI=1S/C20H30N4O2S.HI/c1-6-21-20(22-12-11-19-15(3)24-16(4)27-19)23-13-14(2)26-18-10-8-7-9-17(18)25-5;/h7-10,14H,6,11-13H2,1-5H3,(H2,21,22,23);1H. The summed E-state index contributed by atoms with van der Waals surface area (Å²) in [7, 11) is 1.64. The van der Waals surface area contributed by atoms with Crippen LogP contribution in [0.4, 0.5) is 0 Å². The zero-order chi connectivity index (χ0) is 19.6. The summed E-state index contributed by atoms with van der Waals surface area (Å²) < 4.78 is 11.3. The molecule has 1 heterocycles. The molecule has 28 heavy (non-hydrogen) atoms. The third kappa shape index (κ3) is 7.83. The summed E-state index contributed by atoms with van der Waals surface area (Å²) in [6, 6.07) is 7.65. The van der Waals surface area contributed by atoms with Gasteiger partial charge in [0.25, 0.3) is 0 Å². The zero-order valence-corrected chi connectivity index (χ0v) is 20.4. The highest BCUT2D eigenvalue weighted by Crippen LogP contribution is 2.26. The highest BCUT2D eigenvalue weighted by molar-refractivity contribution is 14.0. The summed E-state index contributed by atoms with van der Waals surface area (Å²) in [5, 5.41) is 7.78. The van der Waals surface area contributed by atoms with Crippen LogP contribution in [0.15, 0.2) is 29.3 Å². The number of guanidine groups is 1. The molecule has 2 rings (SSSR count). The van der Waals surface area contributed by atoms with Gasteiger partial charge in [-0.25, -0.2) is 9.98 Å². The van der Waals surface area contributed by atoms with E-state index in [0.717, 1.165) is 47.7 Å². The molecule has 0 bridgehead atoms. The van der Waals surface area contributed by atoms with Crippen LogP contribution >= 0.6 is 35.3 Å². The van der Waals surface area contributed by atoms with Gasteiger partial charge in [0.2, 0.25) is 0 Å². The van der Waals surface area contributed by atoms with E-state index in [2.05, 4.69) is 34.5 Å². The molecule has 156 valence electrons. The first kappa shape index (κ1) is 24.5. The van der Waals surface area contributed by atoms with Gasteiger partial charge in [-0.1, -0.05) is 12.1 Å². The fourth-order valence-electron chi connectivity index (χ4n) is 2.63. The van der Waals surface area contributed by atoms with Gasteiger partial charge >= 0.3 is 0 Å². The van der Waals surface area contributed by atoms with Gasteiger partial charge in [-0.05, 0) is 39.8 Å². The highest BCUT2D eigenvalue weighted by Gasteiger charge is 2.09. The Hall–Kier alpha value is -1.55. The topological polar surface area (TPSA) is 67.8 Å². The molecule has 0 radical (unpaired) electrons. The molecular weight excluding hydrogens is 487 g/mol. The maximum atomic E-state index is 5.96. The fraction of sp³-hybridized carbons (Fsp3) is 0.500. The van der Waals surface area contributed by atoms with Gasteiger partial charge in [0.05, 0.1) is 24.4 Å². The Labute approximate surface area is 189 Å². The lowest BCUT2D eigenvalue weighted by Crippen LogP contribution is -2.39. The van der Waals surface area contributed by atoms with Gasteiger partial charge in [0, 0.05) is 24.4 Å². The number of aliphatic imine (C=N–C) groups is 1. The first-order valence-corrected chi connectivity index (χ1v) is 10.1. The van der Waals surface area contributed by atoms with Crippen molar-refractivity contribution < 1.29 is 9.47 Å². The van der Waals surface area contributed by atoms with E-state index in [4.69, 9.17) is 9.47 Å². The number of rotatable bonds is 9. The monoisotopic (exact) mass is 518 g/mol. The predicted octanol–water partition coefficient (Wildman–Crippen LogP) is 3.95. The molecule has 0 amide bonds. The Kier molecular flexibility index (Phi) is 11.2. The average Bonchev–Trinajstić information content (AvgIpc) is 2.97. The Morgan fingerprint density at radius 2 is 1.93 bits per heavy atom. The lowest BCUT2D eigenvalue weighted by atomic mass is 10.3. The number of nitrogens with zero attached hydrogens (tertiary/aromatic N) is 2. The van der Waals surface area contributed by atoms with Crippen LogP contribution < -0.4 is 20.1 Å². The van der Waals surface area contributed by atoms with E-state index in [9.17, 15) is 0 Å². The number of methoxy groups -OCH3 is 1. The number of halogens is 1. The quantitative estimate of drug-likeness (QED) is 0.299. The second-order valence-corrected chi connectivity index (χ2v) is 7.50. The summed E-state index contributed by atoms with van der Waals surface area (Å²) >= 11 is 1.76. The van der Waals surface area contributed by atoms with Crippen LogP contribution in [0.2, 0.25) is 0 Å². The number of ether oxygens (including phenoxy) is 2. The smallest absolute Gasteiger partial charge is 0.191 e. The average molecular weight is 518 g/mol. The van der Waals surface area contributed by atoms with Crippen LogP contribution in [0.5, 0.6) is 11.5 Å². The Morgan fingerprint density at radius 3 is 2.54 bits per heavy atom. The van der Waals surface area contributed by atoms with Crippen molar-refractivity contribution in [1.82, 2.24) is 15.6 Å². The number of thiazole rings is 1. The summed E-state index contributed by atoms with van der Waals surface area (Å²) in [4.78, 5) is 10.4. The maximum absolute atomic E-state index is 5.96. The molecule has 0 spiro atoms. The lowest BCUT2D eigenvalue weighted by molar-refractivity contribution is 0.219. The van der Waals surface area contributed by atoms with Gasteiger partial charge in [0.15, 0.2) is 17.5 Å². The largest absolute Gasteiger partial charge is 0.493 e. The minimum Gasteiger partial charge on any atom is -0.493 e. The van der Waals surface area contributed by atoms with E-state index in [1.54, 1.807) is 18.4 Å². The lowest BCUT2D eigenvalue weighted by Gasteiger charge is -2.16. The summed E-state index contributed by atoms with van der Waals surface area (Å²) in [6.07, 6.45) is 0.873. The number of aromatic nitrogens is 1. The second kappa shape index (κ2) is 12.8. The minimum atomic E-state index is -0.0665. The van der Waals surface area contributed by atoms with E-state index < -0.39 is 0 Å². The Bertz CT molecular complexity index is 752. The van der Waals surface area contributed by atoms with E-state index in [1.807, 2.05) is 38.1 Å². The van der Waals surface area contributed by atoms with Crippen molar-refractivity contribution in [3.8, 4) is 11.5 Å². The fourth-order valence-corrected chi connectivity index (χ4v) is 3.57. The first-order valence-electron chi connectivity index (χ1n) is 9.28. The first-order chi connectivity index (χ1) is 13.0. The summed E-state index contributed by atoms with van der Waals surface area (Å²) in [5.74, 6) is 2.26. The van der Waals surface area contributed by atoms with Crippen molar-refractivity contribution >= 4 is 41.3 Å². The second-order valence-electron chi connectivity index (χ2n) is 6.22. The summed E-state index contributed by atoms with van der Waals surface area (Å²) in [5.41, 5.74) is 1.13. The van der Waals surface area contributed by atoms with Gasteiger partial charge in [-0.2, -0.15) is 0 Å². The van der Waals surface area contributed by atoms with Crippen molar-refractivity contribution in [2.24, 2.45) is 4.99 Å². The molecule has 1 aromatic heterocycles. The van der Waals surface area contributed by atoms with Crippen LogP contribution in [0, 0.1) is 13.8 Å². The van der Waals surface area contributed by atoms with Gasteiger partial charge < -0.3 is 20.1 Å². The highest BCUT2D eigenvalue weighted by atomic mass is 127. The van der Waals surface area contributed by atoms with Crippen LogP contribution in [0.3, 0.4) is 0 Å². The molecular formula is C20H31IN4O2S. The van der Waals surface area contributed by atoms with Crippen LogP contribution in [-0.2, 0) is 6.42 Å². The number of hydrogen-bond acceptors (Lipinski definition) is 5. The minimum absolute atomic E-state index is 0. The van der Waals surface area contributed by atoms with Crippen molar-refractivity contribution in [2.75, 3.05) is 26.7 Å². The molecule has 2 aromatic rings. The maximum Gasteiger partial charge on any atom is 0.191 e. The van der Waals surface area contributed by atoms with Crippen molar-refractivity contribution in [3.05, 3.63) is 39.8 Å². The van der Waals surface area contributed by atoms with Crippen molar-refractivity contribution in [2.45, 2.75) is 40.2 Å². The number of nitrogens with one attached hydrogen (secondary N) is 2. The van der Waals surface area contributed by atoms with Crippen molar-refractivity contribution in [3.63, 3.8) is 0 Å². The van der Waals surface area contributed by atoms with Gasteiger partial charge in [0.1, 0.15) is 6.10 Å². The van der Waals surface area contributed by atoms with Crippen LogP contribution in [-0.4, -0.2) is 43.8 Å². The normalized spacial score (nSPS) is 12.1. The molecule has 0 fully saturated rings. The molecule has 0 aliphatic carbocycles. The number of para-hydroxylation sites is 2. The zero-order valence-electron chi connectivity index (χ0n) is 17.2. The van der Waals surface area contributed by atoms with Crippen LogP contribution in [0.25, 0.3) is 0 Å². The molecule has 0 saturated carbocycles. The van der Waals surface area contributed by atoms with Gasteiger partial charge in [-0.15, -0.1) is 35.3 Å². The van der Waals surface area contributed by atoms with E-state index in [0.29, 0.717) is 6.54 Å². The van der Waals surface area contributed by atoms with Crippen LogP contribution in [0.1, 0.15) is 29.4 Å². The Morgan fingerprint density at radius 1 is 1.21 bits per heavy atom. The molecule has 6 nitrogen and oxygen atoms in total. The molecule has 0 saturated heterocycles. The SMILES string of the molecule is CCNC(=NCC(C)Oc1ccccc1OC)NCCc1sc(C)nc1C.I. The van der Waals surface area contributed by atoms with E-state index in [1.165, 1.54) is 4.88 Å². The molecule has 1 unspecified atom stereocenters. The summed E-state index contributed by atoms with van der Waals surface area (Å²) in [6.45, 7) is 10.3. The number of benzene rings is 1. The molecule has 0 aliphatic heterocycles. The molecule has 1 atom stereocenters. The number of hydrogen-bond donors (Lipinski definition) is 2. The molecule has 1 aromatic carbocycles. The third-order valence-electron chi connectivity index (χ3n) is 3.89. The van der Waals surface area contributed by atoms with E-state index in [-0.39, 0.29) is 30.1 Å². The van der Waals surface area contributed by atoms with Gasteiger partial charge in [-0.3, -0.25) is 0 Å². The Balaban J connectivity index is 0.00000392. The van der Waals surface area contributed by atoms with E-state index >= 15 is 0 Å². The number of aryl methyl sites for hydroxylation is 2. The molecule has 2 N–H and O–H groups in total.